The molecule has 8 nitrogen and oxygen atoms in total. The molecule has 0 radical (unpaired) electrons. The zero-order chi connectivity index (χ0) is 18.4. The molecule has 1 amide bonds. The molecular weight excluding hydrogens is 335 g/mol. The molecule has 1 N–H and O–H groups in total. The minimum Gasteiger partial charge on any atom is -0.496 e. The molecule has 2 aromatic carbocycles. The minimum absolute atomic E-state index is 0.0615. The Balaban J connectivity index is 1.99. The van der Waals surface area contributed by atoms with Crippen LogP contribution >= 0.6 is 0 Å². The summed E-state index contributed by atoms with van der Waals surface area (Å²) in [5.41, 5.74) is -0.351. The summed E-state index contributed by atoms with van der Waals surface area (Å²) in [5.74, 6) is -1.84. The number of hydrogen-bond donors (Lipinski definition) is 1. The molecule has 0 fully saturated rings. The van der Waals surface area contributed by atoms with Crippen LogP contribution in [0.4, 0.5) is 15.8 Å². The Kier molecular flexibility index (Phi) is 5.62. The molecule has 0 aromatic heterocycles. The number of hydrogen-bond acceptors (Lipinski definition) is 6. The summed E-state index contributed by atoms with van der Waals surface area (Å²) in [6.45, 7) is -0.653. The number of anilines is 1. The van der Waals surface area contributed by atoms with Gasteiger partial charge in [0.15, 0.2) is 6.61 Å². The highest BCUT2D eigenvalue weighted by molar-refractivity contribution is 5.96. The van der Waals surface area contributed by atoms with E-state index >= 15 is 0 Å². The highest BCUT2D eigenvalue weighted by Crippen LogP contribution is 2.28. The standard InChI is InChI=1S/C16H13FN2O6/c1-24-12-6-7-13(14(8-12)19(22)23)18-15(20)9-25-16(21)10-2-4-11(17)5-3-10/h2-8H,9H2,1H3,(H,18,20). The minimum atomic E-state index is -0.820. The van der Waals surface area contributed by atoms with E-state index in [1.54, 1.807) is 0 Å². The van der Waals surface area contributed by atoms with Crippen molar-refractivity contribution in [2.45, 2.75) is 0 Å². The third-order valence-electron chi connectivity index (χ3n) is 3.09. The largest absolute Gasteiger partial charge is 0.496 e. The van der Waals surface area contributed by atoms with E-state index in [0.29, 0.717) is 0 Å². The van der Waals surface area contributed by atoms with Crippen LogP contribution in [0.1, 0.15) is 10.4 Å². The molecule has 9 heteroatoms. The molecule has 0 atom stereocenters. The molecule has 2 aromatic rings. The number of ether oxygens (including phenoxy) is 2. The number of esters is 1. The molecule has 25 heavy (non-hydrogen) atoms. The lowest BCUT2D eigenvalue weighted by Gasteiger charge is -2.08. The highest BCUT2D eigenvalue weighted by atomic mass is 19.1. The maximum atomic E-state index is 12.8. The first kappa shape index (κ1) is 17.9. The predicted octanol–water partition coefficient (Wildman–Crippen LogP) is 2.54. The third kappa shape index (κ3) is 4.74. The van der Waals surface area contributed by atoms with Crippen molar-refractivity contribution in [3.8, 4) is 5.75 Å². The van der Waals surface area contributed by atoms with Crippen molar-refractivity contribution in [2.75, 3.05) is 19.0 Å². The number of nitrogens with zero attached hydrogens (tertiary/aromatic N) is 1. The van der Waals surface area contributed by atoms with Crippen molar-refractivity contribution < 1.29 is 28.4 Å². The van der Waals surface area contributed by atoms with Crippen LogP contribution in [0.25, 0.3) is 0 Å². The van der Waals surface area contributed by atoms with Gasteiger partial charge in [-0.05, 0) is 36.4 Å². The number of carbonyl (C=O) groups excluding carboxylic acids is 2. The lowest BCUT2D eigenvalue weighted by Crippen LogP contribution is -2.21. The first-order valence-corrected chi connectivity index (χ1v) is 6.95. The van der Waals surface area contributed by atoms with Gasteiger partial charge in [0.2, 0.25) is 0 Å². The number of rotatable bonds is 6. The van der Waals surface area contributed by atoms with Crippen LogP contribution in [0, 0.1) is 15.9 Å². The van der Waals surface area contributed by atoms with E-state index in [0.717, 1.165) is 18.2 Å². The molecule has 0 spiro atoms. The number of nitro groups is 1. The van der Waals surface area contributed by atoms with Crippen molar-refractivity contribution >= 4 is 23.3 Å². The summed E-state index contributed by atoms with van der Waals surface area (Å²) in [6, 6.07) is 8.48. The molecule has 0 aliphatic heterocycles. The molecule has 0 heterocycles. The summed E-state index contributed by atoms with van der Waals surface area (Å²) in [5, 5.41) is 13.3. The van der Waals surface area contributed by atoms with Crippen LogP contribution in [0.5, 0.6) is 5.75 Å². The molecule has 0 saturated heterocycles. The van der Waals surface area contributed by atoms with Gasteiger partial charge in [-0.3, -0.25) is 14.9 Å². The maximum Gasteiger partial charge on any atom is 0.338 e. The van der Waals surface area contributed by atoms with E-state index in [1.165, 1.54) is 31.4 Å². The second kappa shape index (κ2) is 7.86. The van der Waals surface area contributed by atoms with Gasteiger partial charge >= 0.3 is 5.97 Å². The topological polar surface area (TPSA) is 108 Å². The second-order valence-electron chi connectivity index (χ2n) is 4.77. The van der Waals surface area contributed by atoms with E-state index < -0.39 is 29.2 Å². The second-order valence-corrected chi connectivity index (χ2v) is 4.77. The molecule has 0 unspecified atom stereocenters. The third-order valence-corrected chi connectivity index (χ3v) is 3.09. The van der Waals surface area contributed by atoms with E-state index in [-0.39, 0.29) is 22.7 Å². The molecule has 0 aliphatic rings. The Bertz CT molecular complexity index is 807. The first-order chi connectivity index (χ1) is 11.9. The smallest absolute Gasteiger partial charge is 0.338 e. The lowest BCUT2D eigenvalue weighted by molar-refractivity contribution is -0.384. The van der Waals surface area contributed by atoms with Crippen molar-refractivity contribution in [3.05, 3.63) is 64.0 Å². The van der Waals surface area contributed by atoms with Gasteiger partial charge in [-0.1, -0.05) is 0 Å². The van der Waals surface area contributed by atoms with Gasteiger partial charge in [-0.25, -0.2) is 9.18 Å². The van der Waals surface area contributed by atoms with Gasteiger partial charge in [0, 0.05) is 0 Å². The Labute approximate surface area is 141 Å². The maximum absolute atomic E-state index is 12.8. The number of nitro benzene ring substituents is 1. The first-order valence-electron chi connectivity index (χ1n) is 6.95. The molecule has 0 bridgehead atoms. The fourth-order valence-corrected chi connectivity index (χ4v) is 1.88. The normalized spacial score (nSPS) is 10.0. The Hall–Kier alpha value is -3.49. The highest BCUT2D eigenvalue weighted by Gasteiger charge is 2.18. The fraction of sp³-hybridized carbons (Fsp3) is 0.125. The number of benzene rings is 2. The Morgan fingerprint density at radius 3 is 2.48 bits per heavy atom. The van der Waals surface area contributed by atoms with Crippen molar-refractivity contribution in [1.82, 2.24) is 0 Å². The zero-order valence-electron chi connectivity index (χ0n) is 13.0. The average molecular weight is 348 g/mol. The number of nitrogens with one attached hydrogen (secondary N) is 1. The van der Waals surface area contributed by atoms with Gasteiger partial charge in [0.25, 0.3) is 11.6 Å². The molecule has 0 aliphatic carbocycles. The molecule has 2 rings (SSSR count). The monoisotopic (exact) mass is 348 g/mol. The average Bonchev–Trinajstić information content (AvgIpc) is 2.60. The van der Waals surface area contributed by atoms with Gasteiger partial charge in [-0.2, -0.15) is 0 Å². The molecule has 0 saturated carbocycles. The summed E-state index contributed by atoms with van der Waals surface area (Å²) in [6.07, 6.45) is 0. The van der Waals surface area contributed by atoms with Gasteiger partial charge in [-0.15, -0.1) is 0 Å². The Morgan fingerprint density at radius 1 is 1.20 bits per heavy atom. The summed E-state index contributed by atoms with van der Waals surface area (Å²) in [7, 11) is 1.35. The molecular formula is C16H13FN2O6. The number of halogens is 1. The van der Waals surface area contributed by atoms with E-state index in [9.17, 15) is 24.1 Å². The van der Waals surface area contributed by atoms with Crippen molar-refractivity contribution in [1.29, 1.82) is 0 Å². The lowest BCUT2D eigenvalue weighted by atomic mass is 10.2. The summed E-state index contributed by atoms with van der Waals surface area (Å²) in [4.78, 5) is 33.9. The van der Waals surface area contributed by atoms with Crippen LogP contribution in [-0.2, 0) is 9.53 Å². The summed E-state index contributed by atoms with van der Waals surface area (Å²) < 4.78 is 22.5. The van der Waals surface area contributed by atoms with Gasteiger partial charge in [0.05, 0.1) is 23.7 Å². The van der Waals surface area contributed by atoms with Crippen LogP contribution < -0.4 is 10.1 Å². The number of amides is 1. The zero-order valence-corrected chi connectivity index (χ0v) is 13.0. The van der Waals surface area contributed by atoms with Gasteiger partial charge < -0.3 is 14.8 Å². The van der Waals surface area contributed by atoms with Crippen LogP contribution in [0.15, 0.2) is 42.5 Å². The van der Waals surface area contributed by atoms with Crippen molar-refractivity contribution in [3.63, 3.8) is 0 Å². The van der Waals surface area contributed by atoms with E-state index in [2.05, 4.69) is 5.32 Å². The summed E-state index contributed by atoms with van der Waals surface area (Å²) >= 11 is 0. The van der Waals surface area contributed by atoms with Crippen LogP contribution in [0.2, 0.25) is 0 Å². The van der Waals surface area contributed by atoms with E-state index in [1.807, 2.05) is 0 Å². The predicted molar refractivity (Wildman–Crippen MR) is 85.0 cm³/mol. The van der Waals surface area contributed by atoms with Gasteiger partial charge in [0.1, 0.15) is 17.3 Å². The Morgan fingerprint density at radius 2 is 1.88 bits per heavy atom. The SMILES string of the molecule is COc1ccc(NC(=O)COC(=O)c2ccc(F)cc2)c([N+](=O)[O-])c1. The fourth-order valence-electron chi connectivity index (χ4n) is 1.88. The van der Waals surface area contributed by atoms with Crippen LogP contribution in [-0.4, -0.2) is 30.5 Å². The number of carbonyl (C=O) groups is 2. The van der Waals surface area contributed by atoms with Crippen molar-refractivity contribution in [2.24, 2.45) is 0 Å². The molecule has 130 valence electrons. The van der Waals surface area contributed by atoms with E-state index in [4.69, 9.17) is 9.47 Å². The van der Waals surface area contributed by atoms with Crippen LogP contribution in [0.3, 0.4) is 0 Å². The quantitative estimate of drug-likeness (QED) is 0.488. The number of methoxy groups -OCH3 is 1.